The average molecular weight is 419 g/mol. The summed E-state index contributed by atoms with van der Waals surface area (Å²) < 4.78 is 13.8. The molecule has 1 aliphatic carbocycles. The van der Waals surface area contributed by atoms with Crippen LogP contribution in [0.3, 0.4) is 0 Å². The molecule has 136 valence electrons. The van der Waals surface area contributed by atoms with E-state index in [1.807, 2.05) is 24.3 Å². The van der Waals surface area contributed by atoms with E-state index >= 15 is 0 Å². The predicted molar refractivity (Wildman–Crippen MR) is 101 cm³/mol. The van der Waals surface area contributed by atoms with Gasteiger partial charge in [0, 0.05) is 23.5 Å². The van der Waals surface area contributed by atoms with Crippen molar-refractivity contribution in [2.75, 3.05) is 13.1 Å². The minimum atomic E-state index is -0.321. The van der Waals surface area contributed by atoms with Crippen molar-refractivity contribution in [1.82, 2.24) is 10.6 Å². The van der Waals surface area contributed by atoms with E-state index in [4.69, 9.17) is 0 Å². The zero-order valence-corrected chi connectivity index (χ0v) is 15.8. The number of hydrogen-bond donors (Lipinski definition) is 2. The summed E-state index contributed by atoms with van der Waals surface area (Å²) in [6.45, 7) is 0.774. The number of amides is 2. The van der Waals surface area contributed by atoms with E-state index in [1.54, 1.807) is 12.1 Å². The molecule has 2 N–H and O–H groups in total. The Labute approximate surface area is 160 Å². The van der Waals surface area contributed by atoms with Crippen molar-refractivity contribution >= 4 is 27.7 Å². The zero-order valence-electron chi connectivity index (χ0n) is 14.2. The van der Waals surface area contributed by atoms with Crippen molar-refractivity contribution in [3.63, 3.8) is 0 Å². The van der Waals surface area contributed by atoms with Gasteiger partial charge in [-0.1, -0.05) is 40.2 Å². The molecule has 1 aliphatic rings. The molecule has 6 heteroatoms. The molecule has 0 radical (unpaired) electrons. The Kier molecular flexibility index (Phi) is 6.04. The van der Waals surface area contributed by atoms with E-state index in [0.29, 0.717) is 13.1 Å². The van der Waals surface area contributed by atoms with Crippen LogP contribution in [0, 0.1) is 11.7 Å². The van der Waals surface area contributed by atoms with Gasteiger partial charge in [-0.3, -0.25) is 9.59 Å². The topological polar surface area (TPSA) is 58.2 Å². The average Bonchev–Trinajstić information content (AvgIpc) is 3.41. The van der Waals surface area contributed by atoms with Gasteiger partial charge >= 0.3 is 0 Å². The predicted octanol–water partition coefficient (Wildman–Crippen LogP) is 3.17. The summed E-state index contributed by atoms with van der Waals surface area (Å²) >= 11 is 3.45. The van der Waals surface area contributed by atoms with Crippen LogP contribution in [0.2, 0.25) is 0 Å². The van der Waals surface area contributed by atoms with Crippen LogP contribution >= 0.6 is 15.9 Å². The summed E-state index contributed by atoms with van der Waals surface area (Å²) in [4.78, 5) is 24.0. The van der Waals surface area contributed by atoms with Crippen LogP contribution in [0.4, 0.5) is 4.39 Å². The maximum Gasteiger partial charge on any atom is 0.224 e. The van der Waals surface area contributed by atoms with Gasteiger partial charge in [-0.2, -0.15) is 0 Å². The summed E-state index contributed by atoms with van der Waals surface area (Å²) in [6.07, 6.45) is 1.06. The van der Waals surface area contributed by atoms with Gasteiger partial charge in [-0.05, 0) is 47.7 Å². The molecular formula is C20H20BrFN2O2. The fourth-order valence-corrected chi connectivity index (χ4v) is 3.38. The lowest BCUT2D eigenvalue weighted by molar-refractivity contribution is -0.123. The number of hydrogen-bond acceptors (Lipinski definition) is 2. The van der Waals surface area contributed by atoms with E-state index in [9.17, 15) is 14.0 Å². The molecule has 2 aromatic rings. The Morgan fingerprint density at radius 1 is 1.08 bits per heavy atom. The highest BCUT2D eigenvalue weighted by Gasteiger charge is 2.43. The summed E-state index contributed by atoms with van der Waals surface area (Å²) in [5, 5.41) is 5.63. The Morgan fingerprint density at radius 2 is 1.81 bits per heavy atom. The van der Waals surface area contributed by atoms with E-state index in [2.05, 4.69) is 26.6 Å². The molecule has 2 aromatic carbocycles. The van der Waals surface area contributed by atoms with Gasteiger partial charge in [0.15, 0.2) is 0 Å². The Bertz CT molecular complexity index is 795. The van der Waals surface area contributed by atoms with Crippen molar-refractivity contribution in [3.05, 3.63) is 69.9 Å². The lowest BCUT2D eigenvalue weighted by Gasteiger charge is -2.07. The summed E-state index contributed by atoms with van der Waals surface area (Å²) in [5.41, 5.74) is 1.93. The summed E-state index contributed by atoms with van der Waals surface area (Å²) in [6, 6.07) is 13.9. The molecule has 2 unspecified atom stereocenters. The van der Waals surface area contributed by atoms with Gasteiger partial charge in [0.05, 0.1) is 6.42 Å². The maximum absolute atomic E-state index is 12.8. The van der Waals surface area contributed by atoms with Gasteiger partial charge in [0.25, 0.3) is 0 Å². The zero-order chi connectivity index (χ0) is 18.5. The molecular weight excluding hydrogens is 399 g/mol. The van der Waals surface area contributed by atoms with Crippen molar-refractivity contribution < 1.29 is 14.0 Å². The van der Waals surface area contributed by atoms with Crippen molar-refractivity contribution in [1.29, 1.82) is 0 Å². The maximum atomic E-state index is 12.8. The number of carbonyl (C=O) groups is 2. The number of benzene rings is 2. The fourth-order valence-electron chi connectivity index (χ4n) is 2.96. The van der Waals surface area contributed by atoms with Crippen molar-refractivity contribution in [2.24, 2.45) is 5.92 Å². The normalized spacial score (nSPS) is 18.2. The molecule has 26 heavy (non-hydrogen) atoms. The molecule has 0 aromatic heterocycles. The molecule has 2 atom stereocenters. The number of halogens is 2. The number of rotatable bonds is 7. The highest BCUT2D eigenvalue weighted by atomic mass is 79.9. The Balaban J connectivity index is 1.34. The van der Waals surface area contributed by atoms with Crippen LogP contribution in [-0.2, 0) is 16.0 Å². The van der Waals surface area contributed by atoms with Gasteiger partial charge < -0.3 is 10.6 Å². The Morgan fingerprint density at radius 3 is 2.54 bits per heavy atom. The standard InChI is InChI=1S/C20H20BrFN2O2/c21-15-3-1-2-14(11-15)17-12-18(17)20(26)24-9-8-23-19(25)10-13-4-6-16(22)7-5-13/h1-7,11,17-18H,8-10,12H2,(H,23,25)(H,24,26). The first-order valence-corrected chi connectivity index (χ1v) is 9.36. The summed E-state index contributed by atoms with van der Waals surface area (Å²) in [7, 11) is 0. The highest BCUT2D eigenvalue weighted by molar-refractivity contribution is 9.10. The first-order valence-electron chi connectivity index (χ1n) is 8.57. The quantitative estimate of drug-likeness (QED) is 0.678. The molecule has 0 aliphatic heterocycles. The largest absolute Gasteiger partial charge is 0.354 e. The van der Waals surface area contributed by atoms with Crippen LogP contribution in [0.1, 0.15) is 23.5 Å². The molecule has 0 saturated heterocycles. The minimum Gasteiger partial charge on any atom is -0.354 e. The highest BCUT2D eigenvalue weighted by Crippen LogP contribution is 2.47. The van der Waals surface area contributed by atoms with E-state index in [1.165, 1.54) is 17.7 Å². The molecule has 2 amide bonds. The molecule has 3 rings (SSSR count). The van der Waals surface area contributed by atoms with Crippen LogP contribution in [-0.4, -0.2) is 24.9 Å². The first-order chi connectivity index (χ1) is 12.5. The van der Waals surface area contributed by atoms with E-state index in [0.717, 1.165) is 16.5 Å². The van der Waals surface area contributed by atoms with Gasteiger partial charge in [0.1, 0.15) is 5.82 Å². The van der Waals surface area contributed by atoms with Crippen LogP contribution in [0.25, 0.3) is 0 Å². The van der Waals surface area contributed by atoms with Gasteiger partial charge in [0.2, 0.25) is 11.8 Å². The molecule has 4 nitrogen and oxygen atoms in total. The molecule has 1 fully saturated rings. The Hall–Kier alpha value is -2.21. The second kappa shape index (κ2) is 8.45. The molecule has 1 saturated carbocycles. The lowest BCUT2D eigenvalue weighted by atomic mass is 10.1. The van der Waals surface area contributed by atoms with Gasteiger partial charge in [-0.25, -0.2) is 4.39 Å². The van der Waals surface area contributed by atoms with Crippen molar-refractivity contribution in [3.8, 4) is 0 Å². The SMILES string of the molecule is O=C(Cc1ccc(F)cc1)NCCNC(=O)C1CC1c1cccc(Br)c1. The number of nitrogens with one attached hydrogen (secondary N) is 2. The third-order valence-electron chi connectivity index (χ3n) is 4.43. The summed E-state index contributed by atoms with van der Waals surface area (Å²) in [5.74, 6) is -0.148. The van der Waals surface area contributed by atoms with Crippen molar-refractivity contribution in [2.45, 2.75) is 18.8 Å². The monoisotopic (exact) mass is 418 g/mol. The first kappa shape index (κ1) is 18.6. The molecule has 0 spiro atoms. The third-order valence-corrected chi connectivity index (χ3v) is 4.92. The fraction of sp³-hybridized carbons (Fsp3) is 0.300. The third kappa shape index (κ3) is 5.14. The second-order valence-electron chi connectivity index (χ2n) is 6.45. The number of carbonyl (C=O) groups excluding carboxylic acids is 2. The smallest absolute Gasteiger partial charge is 0.224 e. The second-order valence-corrected chi connectivity index (χ2v) is 7.36. The van der Waals surface area contributed by atoms with E-state index < -0.39 is 0 Å². The van der Waals surface area contributed by atoms with Crippen LogP contribution in [0.5, 0.6) is 0 Å². The van der Waals surface area contributed by atoms with Crippen LogP contribution < -0.4 is 10.6 Å². The minimum absolute atomic E-state index is 0.0132. The molecule has 0 bridgehead atoms. The van der Waals surface area contributed by atoms with Gasteiger partial charge in [-0.15, -0.1) is 0 Å². The van der Waals surface area contributed by atoms with Crippen LogP contribution in [0.15, 0.2) is 53.0 Å². The molecule has 0 heterocycles. The van der Waals surface area contributed by atoms with E-state index in [-0.39, 0.29) is 35.9 Å². The lowest BCUT2D eigenvalue weighted by Crippen LogP contribution is -2.36.